The third-order valence-corrected chi connectivity index (χ3v) is 5.56. The first-order valence-corrected chi connectivity index (χ1v) is 9.87. The number of hydrogen-bond acceptors (Lipinski definition) is 3. The van der Waals surface area contributed by atoms with Gasteiger partial charge in [0.15, 0.2) is 0 Å². The molecule has 29 heavy (non-hydrogen) atoms. The summed E-state index contributed by atoms with van der Waals surface area (Å²) in [5.74, 6) is -1.35. The van der Waals surface area contributed by atoms with Gasteiger partial charge in [-0.25, -0.2) is 8.78 Å². The van der Waals surface area contributed by atoms with Crippen LogP contribution >= 0.6 is 0 Å². The smallest absolute Gasteiger partial charge is 0.243 e. The van der Waals surface area contributed by atoms with Crippen LogP contribution < -0.4 is 10.2 Å². The molecule has 2 aliphatic heterocycles. The molecule has 0 spiro atoms. The van der Waals surface area contributed by atoms with E-state index < -0.39 is 11.6 Å². The second-order valence-corrected chi connectivity index (χ2v) is 7.62. The zero-order valence-electron chi connectivity index (χ0n) is 16.0. The molecule has 1 unspecified atom stereocenters. The van der Waals surface area contributed by atoms with Crippen LogP contribution in [0.5, 0.6) is 0 Å². The summed E-state index contributed by atoms with van der Waals surface area (Å²) < 4.78 is 26.7. The predicted octanol–water partition coefficient (Wildman–Crippen LogP) is 3.52. The van der Waals surface area contributed by atoms with Crippen molar-refractivity contribution >= 4 is 23.2 Å². The van der Waals surface area contributed by atoms with Crippen molar-refractivity contribution in [3.63, 3.8) is 0 Å². The number of nitrogens with one attached hydrogen (secondary N) is 1. The Morgan fingerprint density at radius 1 is 1.10 bits per heavy atom. The van der Waals surface area contributed by atoms with Crippen LogP contribution in [-0.2, 0) is 9.59 Å². The van der Waals surface area contributed by atoms with Gasteiger partial charge in [0.05, 0.1) is 6.54 Å². The first kappa shape index (κ1) is 19.4. The lowest BCUT2D eigenvalue weighted by atomic mass is 9.98. The molecule has 2 aromatic rings. The number of nitrogens with zero attached hydrogens (tertiary/aromatic N) is 2. The monoisotopic (exact) mass is 399 g/mol. The third-order valence-electron chi connectivity index (χ3n) is 5.56. The van der Waals surface area contributed by atoms with E-state index in [9.17, 15) is 18.4 Å². The van der Waals surface area contributed by atoms with Gasteiger partial charge in [-0.2, -0.15) is 0 Å². The van der Waals surface area contributed by atoms with E-state index in [1.54, 1.807) is 0 Å². The van der Waals surface area contributed by atoms with Crippen molar-refractivity contribution in [1.82, 2.24) is 4.90 Å². The Labute approximate surface area is 168 Å². The molecule has 0 saturated carbocycles. The Morgan fingerprint density at radius 3 is 2.59 bits per heavy atom. The second kappa shape index (κ2) is 8.19. The van der Waals surface area contributed by atoms with Crippen LogP contribution in [0.4, 0.5) is 20.2 Å². The van der Waals surface area contributed by atoms with Crippen molar-refractivity contribution in [3.05, 3.63) is 59.7 Å². The van der Waals surface area contributed by atoms with Gasteiger partial charge in [-0.3, -0.25) is 9.59 Å². The molecule has 152 valence electrons. The number of anilines is 2. The van der Waals surface area contributed by atoms with E-state index >= 15 is 0 Å². The van der Waals surface area contributed by atoms with Crippen molar-refractivity contribution in [2.24, 2.45) is 0 Å². The first-order chi connectivity index (χ1) is 14.0. The maximum atomic E-state index is 13.3. The number of carbonyl (C=O) groups excluding carboxylic acids is 2. The maximum absolute atomic E-state index is 13.3. The van der Waals surface area contributed by atoms with E-state index in [1.807, 2.05) is 28.0 Å². The highest BCUT2D eigenvalue weighted by molar-refractivity contribution is 5.94. The van der Waals surface area contributed by atoms with E-state index in [1.165, 1.54) is 5.56 Å². The van der Waals surface area contributed by atoms with Gasteiger partial charge in [-0.1, -0.05) is 18.2 Å². The number of carbonyl (C=O) groups is 2. The fourth-order valence-corrected chi connectivity index (χ4v) is 4.23. The molecule has 0 aromatic heterocycles. The van der Waals surface area contributed by atoms with Crippen LogP contribution in [0, 0.1) is 11.6 Å². The summed E-state index contributed by atoms with van der Waals surface area (Å²) in [7, 11) is 0. The summed E-state index contributed by atoms with van der Waals surface area (Å²) in [6.07, 6.45) is 2.40. The first-order valence-electron chi connectivity index (χ1n) is 9.87. The molecule has 0 aliphatic carbocycles. The molecular weight excluding hydrogens is 376 g/mol. The molecule has 2 aliphatic rings. The lowest BCUT2D eigenvalue weighted by Crippen LogP contribution is -2.33. The summed E-state index contributed by atoms with van der Waals surface area (Å²) in [4.78, 5) is 28.2. The van der Waals surface area contributed by atoms with Gasteiger partial charge >= 0.3 is 0 Å². The number of rotatable bonds is 6. The molecule has 1 atom stereocenters. The second-order valence-electron chi connectivity index (χ2n) is 7.62. The minimum absolute atomic E-state index is 0.0916. The van der Waals surface area contributed by atoms with Crippen molar-refractivity contribution in [2.75, 3.05) is 36.4 Å². The van der Waals surface area contributed by atoms with Crippen molar-refractivity contribution < 1.29 is 18.4 Å². The van der Waals surface area contributed by atoms with Gasteiger partial charge in [0.2, 0.25) is 11.8 Å². The Balaban J connectivity index is 1.41. The lowest BCUT2D eigenvalue weighted by molar-refractivity contribution is -0.127. The zero-order chi connectivity index (χ0) is 20.4. The highest BCUT2D eigenvalue weighted by Crippen LogP contribution is 2.38. The standard InChI is InChI=1S/C22H23F2N3O2/c23-16-10-17(24)12-18(11-16)25-21(28)14-27-13-15(19-4-1-2-5-20(19)27)7-9-26-8-3-6-22(26)29/h1-2,4-5,10-12,15H,3,6-9,13-14H2,(H,25,28). The fraction of sp³-hybridized carbons (Fsp3) is 0.364. The number of amides is 2. The van der Waals surface area contributed by atoms with Crippen LogP contribution in [0.2, 0.25) is 0 Å². The Hall–Kier alpha value is -2.96. The van der Waals surface area contributed by atoms with Crippen LogP contribution in [0.3, 0.4) is 0 Å². The highest BCUT2D eigenvalue weighted by Gasteiger charge is 2.30. The van der Waals surface area contributed by atoms with Crippen molar-refractivity contribution in [3.8, 4) is 0 Å². The summed E-state index contributed by atoms with van der Waals surface area (Å²) in [6, 6.07) is 10.9. The topological polar surface area (TPSA) is 52.7 Å². The molecule has 2 aromatic carbocycles. The molecule has 1 saturated heterocycles. The van der Waals surface area contributed by atoms with Crippen molar-refractivity contribution in [2.45, 2.75) is 25.2 Å². The highest BCUT2D eigenvalue weighted by atomic mass is 19.1. The van der Waals surface area contributed by atoms with Crippen LogP contribution in [-0.4, -0.2) is 42.9 Å². The van der Waals surface area contributed by atoms with Gasteiger partial charge in [0.1, 0.15) is 11.6 Å². The van der Waals surface area contributed by atoms with Gasteiger partial charge < -0.3 is 15.1 Å². The van der Waals surface area contributed by atoms with Gasteiger partial charge in [0, 0.05) is 49.4 Å². The molecule has 2 amide bonds. The van der Waals surface area contributed by atoms with Crippen LogP contribution in [0.25, 0.3) is 0 Å². The van der Waals surface area contributed by atoms with E-state index in [4.69, 9.17) is 0 Å². The Morgan fingerprint density at radius 2 is 1.86 bits per heavy atom. The molecule has 1 N–H and O–H groups in total. The maximum Gasteiger partial charge on any atom is 0.243 e. The Bertz CT molecular complexity index is 914. The fourth-order valence-electron chi connectivity index (χ4n) is 4.23. The van der Waals surface area contributed by atoms with Gasteiger partial charge in [0.25, 0.3) is 0 Å². The number of hydrogen-bond donors (Lipinski definition) is 1. The average Bonchev–Trinajstić information content (AvgIpc) is 3.23. The summed E-state index contributed by atoms with van der Waals surface area (Å²) in [6.45, 7) is 2.31. The summed E-state index contributed by atoms with van der Waals surface area (Å²) in [5, 5.41) is 2.57. The number of likely N-dealkylation sites (tertiary alicyclic amines) is 1. The molecule has 7 heteroatoms. The number of para-hydroxylation sites is 1. The minimum atomic E-state index is -0.733. The van der Waals surface area contributed by atoms with E-state index in [0.29, 0.717) is 13.0 Å². The van der Waals surface area contributed by atoms with E-state index in [0.717, 1.165) is 49.8 Å². The van der Waals surface area contributed by atoms with E-state index in [-0.39, 0.29) is 30.0 Å². The lowest BCUT2D eigenvalue weighted by Gasteiger charge is -2.21. The molecular formula is C22H23F2N3O2. The SMILES string of the molecule is O=C(CN1CC(CCN2CCCC2=O)c2ccccc21)Nc1cc(F)cc(F)c1. The predicted molar refractivity (Wildman–Crippen MR) is 107 cm³/mol. The van der Waals surface area contributed by atoms with Crippen LogP contribution in [0.1, 0.15) is 30.7 Å². The van der Waals surface area contributed by atoms with Crippen LogP contribution in [0.15, 0.2) is 42.5 Å². The molecule has 0 radical (unpaired) electrons. The summed E-state index contributed by atoms with van der Waals surface area (Å²) in [5.41, 5.74) is 2.26. The number of benzene rings is 2. The molecule has 1 fully saturated rings. The van der Waals surface area contributed by atoms with E-state index in [2.05, 4.69) is 11.4 Å². The zero-order valence-corrected chi connectivity index (χ0v) is 16.0. The number of fused-ring (bicyclic) bond motifs is 1. The number of halogens is 2. The van der Waals surface area contributed by atoms with Crippen molar-refractivity contribution in [1.29, 1.82) is 0 Å². The third kappa shape index (κ3) is 4.39. The minimum Gasteiger partial charge on any atom is -0.361 e. The van der Waals surface area contributed by atoms with Gasteiger partial charge in [-0.05, 0) is 36.6 Å². The molecule has 2 heterocycles. The molecule has 4 rings (SSSR count). The Kier molecular flexibility index (Phi) is 5.47. The molecule has 5 nitrogen and oxygen atoms in total. The average molecular weight is 399 g/mol. The normalized spacial score (nSPS) is 18.3. The van der Waals surface area contributed by atoms with Gasteiger partial charge in [-0.15, -0.1) is 0 Å². The largest absolute Gasteiger partial charge is 0.361 e. The summed E-state index contributed by atoms with van der Waals surface area (Å²) >= 11 is 0. The molecule has 0 bridgehead atoms. The quantitative estimate of drug-likeness (QED) is 0.809.